The summed E-state index contributed by atoms with van der Waals surface area (Å²) in [5.74, 6) is 0.800. The van der Waals surface area contributed by atoms with Crippen LogP contribution in [0.3, 0.4) is 0 Å². The van der Waals surface area contributed by atoms with E-state index in [0.29, 0.717) is 5.41 Å². The van der Waals surface area contributed by atoms with E-state index in [1.165, 1.54) is 18.4 Å². The largest absolute Gasteiger partial charge is 0.383 e. The summed E-state index contributed by atoms with van der Waals surface area (Å²) >= 11 is 5.97. The molecule has 18 heavy (non-hydrogen) atoms. The first kappa shape index (κ1) is 13.9. The smallest absolute Gasteiger partial charge is 0.0587 e. The van der Waals surface area contributed by atoms with Gasteiger partial charge >= 0.3 is 0 Å². The SMILES string of the molecule is CCC1CC1(CNCCOC)c1ccc(Cl)cc1. The molecule has 1 aliphatic carbocycles. The van der Waals surface area contributed by atoms with Gasteiger partial charge in [-0.3, -0.25) is 0 Å². The Bertz CT molecular complexity index is 379. The molecule has 100 valence electrons. The van der Waals surface area contributed by atoms with E-state index in [9.17, 15) is 0 Å². The maximum Gasteiger partial charge on any atom is 0.0587 e. The summed E-state index contributed by atoms with van der Waals surface area (Å²) in [7, 11) is 1.74. The summed E-state index contributed by atoms with van der Waals surface area (Å²) in [4.78, 5) is 0. The van der Waals surface area contributed by atoms with E-state index in [1.807, 2.05) is 12.1 Å². The van der Waals surface area contributed by atoms with Gasteiger partial charge in [0.15, 0.2) is 0 Å². The minimum atomic E-state index is 0.326. The second kappa shape index (κ2) is 6.05. The number of hydrogen-bond donors (Lipinski definition) is 1. The molecule has 0 heterocycles. The third-order valence-electron chi connectivity index (χ3n) is 4.07. The molecule has 3 heteroatoms. The first-order valence-corrected chi connectivity index (χ1v) is 7.06. The van der Waals surface area contributed by atoms with E-state index < -0.39 is 0 Å². The van der Waals surface area contributed by atoms with E-state index >= 15 is 0 Å². The highest BCUT2D eigenvalue weighted by molar-refractivity contribution is 6.30. The second-order valence-electron chi connectivity index (χ2n) is 5.14. The maximum absolute atomic E-state index is 5.97. The molecule has 0 radical (unpaired) electrons. The Kier molecular flexibility index (Phi) is 4.66. The lowest BCUT2D eigenvalue weighted by molar-refractivity contribution is 0.198. The van der Waals surface area contributed by atoms with Crippen LogP contribution in [0.1, 0.15) is 25.3 Å². The fourth-order valence-electron chi connectivity index (χ4n) is 2.86. The highest BCUT2D eigenvalue weighted by Crippen LogP contribution is 2.55. The fourth-order valence-corrected chi connectivity index (χ4v) is 2.98. The van der Waals surface area contributed by atoms with Crippen LogP contribution >= 0.6 is 11.6 Å². The lowest BCUT2D eigenvalue weighted by Crippen LogP contribution is -2.30. The Labute approximate surface area is 115 Å². The molecule has 2 nitrogen and oxygen atoms in total. The van der Waals surface area contributed by atoms with Gasteiger partial charge in [0.25, 0.3) is 0 Å². The second-order valence-corrected chi connectivity index (χ2v) is 5.58. The van der Waals surface area contributed by atoms with Crippen molar-refractivity contribution in [2.24, 2.45) is 5.92 Å². The van der Waals surface area contributed by atoms with Crippen LogP contribution in [-0.2, 0) is 10.2 Å². The van der Waals surface area contributed by atoms with Crippen LogP contribution in [0.4, 0.5) is 0 Å². The lowest BCUT2D eigenvalue weighted by atomic mass is 9.92. The number of nitrogens with one attached hydrogen (secondary N) is 1. The lowest BCUT2D eigenvalue weighted by Gasteiger charge is -2.19. The standard InChI is InChI=1S/C15H22ClNO/c1-3-12-10-15(12,11-17-8-9-18-2)13-4-6-14(16)7-5-13/h4-7,12,17H,3,8-11H2,1-2H3. The van der Waals surface area contributed by atoms with Gasteiger partial charge in [0, 0.05) is 30.6 Å². The molecule has 2 unspecified atom stereocenters. The molecule has 0 bridgehead atoms. The van der Waals surface area contributed by atoms with Gasteiger partial charge in [-0.25, -0.2) is 0 Å². The molecule has 1 saturated carbocycles. The van der Waals surface area contributed by atoms with Crippen molar-refractivity contribution in [2.45, 2.75) is 25.2 Å². The van der Waals surface area contributed by atoms with E-state index in [1.54, 1.807) is 7.11 Å². The molecule has 0 amide bonds. The molecular formula is C15H22ClNO. The Balaban J connectivity index is 2.01. The zero-order valence-corrected chi connectivity index (χ0v) is 12.0. The molecule has 1 fully saturated rings. The molecule has 0 aromatic heterocycles. The van der Waals surface area contributed by atoms with Crippen molar-refractivity contribution in [1.82, 2.24) is 5.32 Å². The predicted molar refractivity (Wildman–Crippen MR) is 76.3 cm³/mol. The van der Waals surface area contributed by atoms with E-state index in [4.69, 9.17) is 16.3 Å². The van der Waals surface area contributed by atoms with Crippen molar-refractivity contribution in [3.8, 4) is 0 Å². The summed E-state index contributed by atoms with van der Waals surface area (Å²) < 4.78 is 5.07. The molecule has 0 spiro atoms. The van der Waals surface area contributed by atoms with E-state index in [0.717, 1.165) is 30.6 Å². The highest BCUT2D eigenvalue weighted by Gasteiger charge is 2.53. The number of methoxy groups -OCH3 is 1. The average Bonchev–Trinajstić information content (AvgIpc) is 3.10. The molecular weight excluding hydrogens is 246 g/mol. The van der Waals surface area contributed by atoms with Gasteiger partial charge in [-0.2, -0.15) is 0 Å². The summed E-state index contributed by atoms with van der Waals surface area (Å²) in [5.41, 5.74) is 1.75. The molecule has 1 N–H and O–H groups in total. The minimum absolute atomic E-state index is 0.326. The first-order valence-electron chi connectivity index (χ1n) is 6.68. The van der Waals surface area contributed by atoms with Crippen LogP contribution in [0.15, 0.2) is 24.3 Å². The average molecular weight is 268 g/mol. The number of halogens is 1. The summed E-state index contributed by atoms with van der Waals surface area (Å²) in [6, 6.07) is 8.35. The van der Waals surface area contributed by atoms with E-state index in [-0.39, 0.29) is 0 Å². The summed E-state index contributed by atoms with van der Waals surface area (Å²) in [6.07, 6.45) is 2.53. The van der Waals surface area contributed by atoms with Gasteiger partial charge in [-0.1, -0.05) is 37.1 Å². The van der Waals surface area contributed by atoms with Crippen molar-refractivity contribution < 1.29 is 4.74 Å². The van der Waals surface area contributed by atoms with Gasteiger partial charge in [0.2, 0.25) is 0 Å². The van der Waals surface area contributed by atoms with Crippen LogP contribution in [0.5, 0.6) is 0 Å². The van der Waals surface area contributed by atoms with Crippen molar-refractivity contribution in [3.63, 3.8) is 0 Å². The van der Waals surface area contributed by atoms with Crippen LogP contribution < -0.4 is 5.32 Å². The fraction of sp³-hybridized carbons (Fsp3) is 0.600. The maximum atomic E-state index is 5.97. The van der Waals surface area contributed by atoms with E-state index in [2.05, 4.69) is 24.4 Å². The van der Waals surface area contributed by atoms with Gasteiger partial charge in [-0.15, -0.1) is 0 Å². The molecule has 2 rings (SSSR count). The Morgan fingerprint density at radius 1 is 1.39 bits per heavy atom. The zero-order valence-electron chi connectivity index (χ0n) is 11.2. The number of ether oxygens (including phenoxy) is 1. The normalized spacial score (nSPS) is 26.3. The topological polar surface area (TPSA) is 21.3 Å². The van der Waals surface area contributed by atoms with Gasteiger partial charge in [-0.05, 0) is 30.0 Å². The van der Waals surface area contributed by atoms with Gasteiger partial charge in [0.05, 0.1) is 6.61 Å². The highest BCUT2D eigenvalue weighted by atomic mass is 35.5. The van der Waals surface area contributed by atoms with Crippen molar-refractivity contribution >= 4 is 11.6 Å². The summed E-state index contributed by atoms with van der Waals surface area (Å²) in [6.45, 7) is 5.00. The predicted octanol–water partition coefficient (Wildman–Crippen LogP) is 3.24. The quantitative estimate of drug-likeness (QED) is 0.766. The van der Waals surface area contributed by atoms with Crippen molar-refractivity contribution in [1.29, 1.82) is 0 Å². The number of rotatable bonds is 7. The Morgan fingerprint density at radius 3 is 2.67 bits per heavy atom. The molecule has 0 saturated heterocycles. The van der Waals surface area contributed by atoms with Crippen molar-refractivity contribution in [2.75, 3.05) is 26.8 Å². The minimum Gasteiger partial charge on any atom is -0.383 e. The van der Waals surface area contributed by atoms with Crippen molar-refractivity contribution in [3.05, 3.63) is 34.9 Å². The molecule has 2 atom stereocenters. The number of benzene rings is 1. The van der Waals surface area contributed by atoms with Gasteiger partial charge < -0.3 is 10.1 Å². The molecule has 0 aliphatic heterocycles. The Hall–Kier alpha value is -0.570. The number of hydrogen-bond acceptors (Lipinski definition) is 2. The monoisotopic (exact) mass is 267 g/mol. The molecule has 1 aromatic rings. The third kappa shape index (κ3) is 2.87. The van der Waals surface area contributed by atoms with Crippen LogP contribution in [0, 0.1) is 5.92 Å². The summed E-state index contributed by atoms with van der Waals surface area (Å²) in [5, 5.41) is 4.32. The van der Waals surface area contributed by atoms with Gasteiger partial charge in [0.1, 0.15) is 0 Å². The van der Waals surface area contributed by atoms with Crippen LogP contribution in [-0.4, -0.2) is 26.8 Å². The zero-order chi connectivity index (χ0) is 13.0. The van der Waals surface area contributed by atoms with Crippen LogP contribution in [0.2, 0.25) is 5.02 Å². The first-order chi connectivity index (χ1) is 8.73. The molecule has 1 aromatic carbocycles. The molecule has 1 aliphatic rings. The van der Waals surface area contributed by atoms with Crippen LogP contribution in [0.25, 0.3) is 0 Å². The third-order valence-corrected chi connectivity index (χ3v) is 4.32. The Morgan fingerprint density at radius 2 is 2.11 bits per heavy atom.